The number of phenolic OH excluding ortho intramolecular Hbond substituents is 1. The number of aryl methyl sites for hydroxylation is 1. The lowest BCUT2D eigenvalue weighted by Gasteiger charge is -2.13. The first kappa shape index (κ1) is 17.0. The molecule has 0 radical (unpaired) electrons. The lowest BCUT2D eigenvalue weighted by molar-refractivity contribution is -0.141. The van der Waals surface area contributed by atoms with Crippen LogP contribution in [0.2, 0.25) is 0 Å². The molecule has 7 heteroatoms. The summed E-state index contributed by atoms with van der Waals surface area (Å²) in [5.74, 6) is -1.35. The number of para-hydroxylation sites is 1. The fourth-order valence-corrected chi connectivity index (χ4v) is 2.14. The molecule has 0 bridgehead atoms. The number of aliphatic hydroxyl groups is 1. The maximum atomic E-state index is 13.1. The molecule has 0 fully saturated rings. The van der Waals surface area contributed by atoms with Gasteiger partial charge >= 0.3 is 6.18 Å². The van der Waals surface area contributed by atoms with Crippen molar-refractivity contribution in [3.8, 4) is 5.75 Å². The molecule has 0 spiro atoms. The monoisotopic (exact) mass is 325 g/mol. The lowest BCUT2D eigenvalue weighted by Crippen LogP contribution is -2.17. The second-order valence-electron chi connectivity index (χ2n) is 4.91. The van der Waals surface area contributed by atoms with Gasteiger partial charge in [0, 0.05) is 12.8 Å². The Morgan fingerprint density at radius 3 is 2.48 bits per heavy atom. The molecule has 2 N–H and O–H groups in total. The van der Waals surface area contributed by atoms with E-state index in [1.54, 1.807) is 0 Å². The van der Waals surface area contributed by atoms with Crippen molar-refractivity contribution in [2.45, 2.75) is 19.0 Å². The Balaban J connectivity index is 2.53. The highest BCUT2D eigenvalue weighted by atomic mass is 19.4. The Hall–Kier alpha value is -2.41. The predicted octanol–water partition coefficient (Wildman–Crippen LogP) is 2.96. The van der Waals surface area contributed by atoms with Crippen LogP contribution in [0.1, 0.15) is 33.6 Å². The molecule has 1 aromatic carbocycles. The maximum Gasteiger partial charge on any atom is 0.434 e. The zero-order valence-electron chi connectivity index (χ0n) is 12.0. The number of ketones is 1. The van der Waals surface area contributed by atoms with Crippen molar-refractivity contribution in [2.75, 3.05) is 6.61 Å². The maximum absolute atomic E-state index is 13.1. The summed E-state index contributed by atoms with van der Waals surface area (Å²) >= 11 is 0. The fourth-order valence-electron chi connectivity index (χ4n) is 2.14. The zero-order valence-corrected chi connectivity index (χ0v) is 12.0. The van der Waals surface area contributed by atoms with E-state index in [9.17, 15) is 23.1 Å². The van der Waals surface area contributed by atoms with Crippen LogP contribution in [0.3, 0.4) is 0 Å². The summed E-state index contributed by atoms with van der Waals surface area (Å²) in [6.45, 7) is -0.121. The van der Waals surface area contributed by atoms with Gasteiger partial charge in [-0.3, -0.25) is 9.78 Å². The predicted molar refractivity (Wildman–Crippen MR) is 76.2 cm³/mol. The van der Waals surface area contributed by atoms with Gasteiger partial charge in [0.25, 0.3) is 0 Å². The second-order valence-corrected chi connectivity index (χ2v) is 4.91. The first-order valence-electron chi connectivity index (χ1n) is 6.84. The zero-order chi connectivity index (χ0) is 17.0. The molecule has 2 rings (SSSR count). The topological polar surface area (TPSA) is 70.4 Å². The van der Waals surface area contributed by atoms with Crippen molar-refractivity contribution in [2.24, 2.45) is 0 Å². The average molecular weight is 325 g/mol. The molecular weight excluding hydrogens is 311 g/mol. The van der Waals surface area contributed by atoms with Crippen LogP contribution in [0.4, 0.5) is 13.2 Å². The minimum absolute atomic E-state index is 0.121. The minimum Gasteiger partial charge on any atom is -0.507 e. The van der Waals surface area contributed by atoms with Gasteiger partial charge < -0.3 is 10.2 Å². The molecule has 23 heavy (non-hydrogen) atoms. The third-order valence-electron chi connectivity index (χ3n) is 3.23. The number of aliphatic hydroxyl groups excluding tert-OH is 1. The third kappa shape index (κ3) is 3.87. The van der Waals surface area contributed by atoms with E-state index < -0.39 is 29.0 Å². The number of carbonyl (C=O) groups excluding carboxylic acids is 1. The smallest absolute Gasteiger partial charge is 0.434 e. The number of halogens is 3. The molecule has 2 aromatic rings. The number of hydrogen-bond acceptors (Lipinski definition) is 4. The average Bonchev–Trinajstić information content (AvgIpc) is 2.51. The van der Waals surface area contributed by atoms with E-state index in [2.05, 4.69) is 4.98 Å². The summed E-state index contributed by atoms with van der Waals surface area (Å²) in [6.07, 6.45) is -3.11. The van der Waals surface area contributed by atoms with Gasteiger partial charge in [-0.25, -0.2) is 0 Å². The number of phenols is 1. The fraction of sp³-hybridized carbons (Fsp3) is 0.250. The van der Waals surface area contributed by atoms with Gasteiger partial charge in [0.15, 0.2) is 11.5 Å². The van der Waals surface area contributed by atoms with Crippen molar-refractivity contribution < 1.29 is 28.2 Å². The van der Waals surface area contributed by atoms with Crippen molar-refractivity contribution in [1.29, 1.82) is 0 Å². The van der Waals surface area contributed by atoms with Crippen LogP contribution in [-0.2, 0) is 12.6 Å². The first-order valence-corrected chi connectivity index (χ1v) is 6.84. The van der Waals surface area contributed by atoms with Gasteiger partial charge in [-0.05, 0) is 36.6 Å². The Labute approximate surface area is 130 Å². The third-order valence-corrected chi connectivity index (χ3v) is 3.23. The van der Waals surface area contributed by atoms with E-state index in [4.69, 9.17) is 5.11 Å². The van der Waals surface area contributed by atoms with Crippen molar-refractivity contribution >= 4 is 5.78 Å². The molecule has 0 aliphatic rings. The van der Waals surface area contributed by atoms with Crippen LogP contribution in [0, 0.1) is 0 Å². The van der Waals surface area contributed by atoms with Crippen LogP contribution >= 0.6 is 0 Å². The van der Waals surface area contributed by atoms with E-state index in [0.717, 1.165) is 12.3 Å². The summed E-state index contributed by atoms with van der Waals surface area (Å²) in [4.78, 5) is 15.8. The quantitative estimate of drug-likeness (QED) is 0.829. The van der Waals surface area contributed by atoms with Crippen LogP contribution in [-0.4, -0.2) is 27.6 Å². The molecule has 122 valence electrons. The molecule has 0 saturated heterocycles. The van der Waals surface area contributed by atoms with E-state index in [-0.39, 0.29) is 12.2 Å². The van der Waals surface area contributed by atoms with Crippen molar-refractivity contribution in [3.05, 3.63) is 58.9 Å². The number of aromatic nitrogens is 1. The number of benzene rings is 1. The van der Waals surface area contributed by atoms with Gasteiger partial charge in [0.1, 0.15) is 5.75 Å². The molecule has 0 unspecified atom stereocenters. The molecule has 1 aromatic heterocycles. The lowest BCUT2D eigenvalue weighted by atomic mass is 9.98. The summed E-state index contributed by atoms with van der Waals surface area (Å²) in [6, 6.07) is 6.50. The number of pyridine rings is 1. The Kier molecular flexibility index (Phi) is 5.00. The van der Waals surface area contributed by atoms with Gasteiger partial charge in [-0.1, -0.05) is 12.1 Å². The number of nitrogens with zero attached hydrogens (tertiary/aromatic N) is 1. The van der Waals surface area contributed by atoms with E-state index in [0.29, 0.717) is 18.4 Å². The minimum atomic E-state index is -4.79. The van der Waals surface area contributed by atoms with Crippen LogP contribution in [0.15, 0.2) is 36.5 Å². The number of carbonyl (C=O) groups is 1. The molecule has 1 heterocycles. The Bertz CT molecular complexity index is 714. The number of aromatic hydroxyl groups is 1. The molecule has 0 saturated carbocycles. The number of rotatable bonds is 5. The summed E-state index contributed by atoms with van der Waals surface area (Å²) in [5, 5.41) is 18.5. The standard InChI is InChI=1S/C16H14F3NO3/c17-16(18,19)15-12(8-10(9-20-15)4-3-7-21)14(23)11-5-1-2-6-13(11)22/h1-2,5-6,8-9,21-22H,3-4,7H2. The SMILES string of the molecule is O=C(c1ccccc1O)c1cc(CCCO)cnc1C(F)(F)F. The molecule has 0 aliphatic carbocycles. The molecule has 0 amide bonds. The van der Waals surface area contributed by atoms with Crippen molar-refractivity contribution in [1.82, 2.24) is 4.98 Å². The summed E-state index contributed by atoms with van der Waals surface area (Å²) < 4.78 is 39.3. The van der Waals surface area contributed by atoms with E-state index in [1.807, 2.05) is 0 Å². The number of hydrogen-bond donors (Lipinski definition) is 2. The highest BCUT2D eigenvalue weighted by Gasteiger charge is 2.37. The van der Waals surface area contributed by atoms with Crippen LogP contribution in [0.25, 0.3) is 0 Å². The van der Waals surface area contributed by atoms with Crippen LogP contribution in [0.5, 0.6) is 5.75 Å². The van der Waals surface area contributed by atoms with E-state index in [1.165, 1.54) is 24.3 Å². The normalized spacial score (nSPS) is 11.5. The molecule has 0 aliphatic heterocycles. The van der Waals surface area contributed by atoms with Crippen LogP contribution < -0.4 is 0 Å². The first-order chi connectivity index (χ1) is 10.8. The highest BCUT2D eigenvalue weighted by Crippen LogP contribution is 2.33. The summed E-state index contributed by atoms with van der Waals surface area (Å²) in [5.41, 5.74) is -1.72. The largest absolute Gasteiger partial charge is 0.507 e. The second kappa shape index (κ2) is 6.78. The van der Waals surface area contributed by atoms with E-state index >= 15 is 0 Å². The van der Waals surface area contributed by atoms with Gasteiger partial charge in [-0.15, -0.1) is 0 Å². The molecular formula is C16H14F3NO3. The number of alkyl halides is 3. The van der Waals surface area contributed by atoms with Gasteiger partial charge in [0.05, 0.1) is 11.1 Å². The Morgan fingerprint density at radius 1 is 1.17 bits per heavy atom. The van der Waals surface area contributed by atoms with Gasteiger partial charge in [-0.2, -0.15) is 13.2 Å². The Morgan fingerprint density at radius 2 is 1.87 bits per heavy atom. The molecule has 0 atom stereocenters. The van der Waals surface area contributed by atoms with Gasteiger partial charge in [0.2, 0.25) is 0 Å². The molecule has 4 nitrogen and oxygen atoms in total. The van der Waals surface area contributed by atoms with Crippen molar-refractivity contribution in [3.63, 3.8) is 0 Å². The summed E-state index contributed by atoms with van der Waals surface area (Å²) in [7, 11) is 0. The highest BCUT2D eigenvalue weighted by molar-refractivity contribution is 6.11.